The van der Waals surface area contributed by atoms with Crippen molar-refractivity contribution in [2.24, 2.45) is 4.99 Å². The van der Waals surface area contributed by atoms with E-state index >= 15 is 0 Å². The monoisotopic (exact) mass is 442 g/mol. The van der Waals surface area contributed by atoms with Gasteiger partial charge in [0.1, 0.15) is 0 Å². The van der Waals surface area contributed by atoms with Gasteiger partial charge < -0.3 is 10.6 Å². The molecule has 0 radical (unpaired) electrons. The fourth-order valence-electron chi connectivity index (χ4n) is 1.79. The van der Waals surface area contributed by atoms with E-state index in [0.717, 1.165) is 29.8 Å². The molecule has 0 aliphatic rings. The number of thioether (sulfide) groups is 1. The highest BCUT2D eigenvalue weighted by Crippen LogP contribution is 2.17. The van der Waals surface area contributed by atoms with Gasteiger partial charge in [0.25, 0.3) is 0 Å². The predicted molar refractivity (Wildman–Crippen MR) is 107 cm³/mol. The van der Waals surface area contributed by atoms with E-state index < -0.39 is 0 Å². The van der Waals surface area contributed by atoms with Crippen LogP contribution in [-0.4, -0.2) is 36.0 Å². The van der Waals surface area contributed by atoms with Crippen molar-refractivity contribution >= 4 is 53.0 Å². The zero-order chi connectivity index (χ0) is 14.8. The molecule has 4 nitrogen and oxygen atoms in total. The molecule has 0 unspecified atom stereocenters. The minimum atomic E-state index is 0. The first-order valence-corrected chi connectivity index (χ1v) is 9.32. The molecule has 1 heterocycles. The van der Waals surface area contributed by atoms with Crippen LogP contribution in [0.15, 0.2) is 4.99 Å². The van der Waals surface area contributed by atoms with Crippen LogP contribution in [0.3, 0.4) is 0 Å². The second kappa shape index (κ2) is 12.5. The number of aromatic nitrogens is 1. The van der Waals surface area contributed by atoms with Gasteiger partial charge in [-0.25, -0.2) is 9.98 Å². The highest BCUT2D eigenvalue weighted by atomic mass is 127. The summed E-state index contributed by atoms with van der Waals surface area (Å²) < 4.78 is 0. The largest absolute Gasteiger partial charge is 0.357 e. The quantitative estimate of drug-likeness (QED) is 0.280. The van der Waals surface area contributed by atoms with Gasteiger partial charge in [0.2, 0.25) is 0 Å². The molecule has 1 rings (SSSR count). The molecule has 1 aromatic heterocycles. The van der Waals surface area contributed by atoms with Crippen molar-refractivity contribution in [3.63, 3.8) is 0 Å². The Hall–Kier alpha value is -0.0200. The average Bonchev–Trinajstić information content (AvgIpc) is 2.74. The Labute approximate surface area is 154 Å². The standard InChI is InChI=1S/C14H26N4S2.HI/c1-5-15-14(16-8-6-7-9-19-4)17-10-13-11(2)18-12(3)20-13;/h5-10H2,1-4H3,(H2,15,16,17);1H. The zero-order valence-electron chi connectivity index (χ0n) is 13.4. The molecule has 0 atom stereocenters. The Morgan fingerprint density at radius 2 is 2.05 bits per heavy atom. The van der Waals surface area contributed by atoms with E-state index in [0.29, 0.717) is 6.54 Å². The Morgan fingerprint density at radius 1 is 1.29 bits per heavy atom. The molecule has 0 bridgehead atoms. The summed E-state index contributed by atoms with van der Waals surface area (Å²) in [4.78, 5) is 10.3. The van der Waals surface area contributed by atoms with Crippen molar-refractivity contribution in [2.45, 2.75) is 40.2 Å². The van der Waals surface area contributed by atoms with Gasteiger partial charge in [-0.2, -0.15) is 11.8 Å². The highest BCUT2D eigenvalue weighted by molar-refractivity contribution is 14.0. The average molecular weight is 442 g/mol. The first-order valence-electron chi connectivity index (χ1n) is 7.11. The molecule has 0 aromatic carbocycles. The smallest absolute Gasteiger partial charge is 0.191 e. The molecule has 0 aliphatic carbocycles. The third-order valence-corrected chi connectivity index (χ3v) is 4.55. The summed E-state index contributed by atoms with van der Waals surface area (Å²) in [5.41, 5.74) is 1.10. The van der Waals surface area contributed by atoms with Crippen LogP contribution in [0.1, 0.15) is 35.3 Å². The number of nitrogens with one attached hydrogen (secondary N) is 2. The number of aryl methyl sites for hydroxylation is 2. The number of unbranched alkanes of at least 4 members (excludes halogenated alkanes) is 1. The Balaban J connectivity index is 0.00000400. The lowest BCUT2D eigenvalue weighted by Gasteiger charge is -2.10. The first-order chi connectivity index (χ1) is 9.67. The number of nitrogens with zero attached hydrogens (tertiary/aromatic N) is 2. The van der Waals surface area contributed by atoms with Gasteiger partial charge in [0.15, 0.2) is 5.96 Å². The molecule has 21 heavy (non-hydrogen) atoms. The van der Waals surface area contributed by atoms with Crippen molar-refractivity contribution in [2.75, 3.05) is 25.1 Å². The number of hydrogen-bond acceptors (Lipinski definition) is 4. The third-order valence-electron chi connectivity index (χ3n) is 2.79. The van der Waals surface area contributed by atoms with Crippen LogP contribution in [0.5, 0.6) is 0 Å². The van der Waals surface area contributed by atoms with Crippen LogP contribution in [0.4, 0.5) is 0 Å². The van der Waals surface area contributed by atoms with Crippen LogP contribution in [-0.2, 0) is 6.54 Å². The zero-order valence-corrected chi connectivity index (χ0v) is 17.3. The second-order valence-electron chi connectivity index (χ2n) is 4.56. The Bertz CT molecular complexity index is 421. The Morgan fingerprint density at radius 3 is 2.62 bits per heavy atom. The third kappa shape index (κ3) is 8.87. The maximum absolute atomic E-state index is 4.64. The van der Waals surface area contributed by atoms with Crippen LogP contribution >= 0.6 is 47.1 Å². The summed E-state index contributed by atoms with van der Waals surface area (Å²) in [6.45, 7) is 8.76. The summed E-state index contributed by atoms with van der Waals surface area (Å²) in [5, 5.41) is 7.79. The molecule has 0 spiro atoms. The molecule has 0 saturated heterocycles. The summed E-state index contributed by atoms with van der Waals surface area (Å²) in [5.74, 6) is 2.14. The molecule has 7 heteroatoms. The lowest BCUT2D eigenvalue weighted by atomic mass is 10.3. The maximum atomic E-state index is 4.64. The van der Waals surface area contributed by atoms with Crippen LogP contribution < -0.4 is 10.6 Å². The SMILES string of the molecule is CCNC(=NCc1sc(C)nc1C)NCCCCSC.I. The van der Waals surface area contributed by atoms with E-state index in [-0.39, 0.29) is 24.0 Å². The van der Waals surface area contributed by atoms with Gasteiger partial charge in [-0.05, 0) is 45.6 Å². The highest BCUT2D eigenvalue weighted by Gasteiger charge is 2.04. The summed E-state index contributed by atoms with van der Waals surface area (Å²) in [6.07, 6.45) is 4.59. The van der Waals surface area contributed by atoms with Gasteiger partial charge in [-0.15, -0.1) is 35.3 Å². The fourth-order valence-corrected chi connectivity index (χ4v) is 3.15. The minimum Gasteiger partial charge on any atom is -0.357 e. The molecule has 1 aromatic rings. The van der Waals surface area contributed by atoms with Gasteiger partial charge in [-0.1, -0.05) is 0 Å². The van der Waals surface area contributed by atoms with E-state index in [1.165, 1.54) is 23.5 Å². The lowest BCUT2D eigenvalue weighted by molar-refractivity contribution is 0.734. The van der Waals surface area contributed by atoms with E-state index in [1.54, 1.807) is 11.3 Å². The van der Waals surface area contributed by atoms with Crippen molar-refractivity contribution in [3.8, 4) is 0 Å². The fraction of sp³-hybridized carbons (Fsp3) is 0.714. The lowest BCUT2D eigenvalue weighted by Crippen LogP contribution is -2.37. The number of hydrogen-bond donors (Lipinski definition) is 2. The second-order valence-corrected chi connectivity index (χ2v) is 6.84. The number of halogens is 1. The van der Waals surface area contributed by atoms with Gasteiger partial charge in [0.05, 0.1) is 17.2 Å². The molecule has 2 N–H and O–H groups in total. The molecule has 0 aliphatic heterocycles. The van der Waals surface area contributed by atoms with Gasteiger partial charge >= 0.3 is 0 Å². The van der Waals surface area contributed by atoms with Gasteiger partial charge in [0, 0.05) is 18.0 Å². The number of aliphatic imine (C=N–C) groups is 1. The van der Waals surface area contributed by atoms with Crippen molar-refractivity contribution in [1.29, 1.82) is 0 Å². The minimum absolute atomic E-state index is 0. The number of rotatable bonds is 8. The summed E-state index contributed by atoms with van der Waals surface area (Å²) in [6, 6.07) is 0. The molecule has 0 fully saturated rings. The van der Waals surface area contributed by atoms with Crippen molar-refractivity contribution in [3.05, 3.63) is 15.6 Å². The number of thiazole rings is 1. The normalized spacial score (nSPS) is 11.1. The molecular weight excluding hydrogens is 415 g/mol. The molecule has 122 valence electrons. The van der Waals surface area contributed by atoms with Crippen LogP contribution in [0.25, 0.3) is 0 Å². The summed E-state index contributed by atoms with van der Waals surface area (Å²) >= 11 is 3.64. The maximum Gasteiger partial charge on any atom is 0.191 e. The summed E-state index contributed by atoms with van der Waals surface area (Å²) in [7, 11) is 0. The van der Waals surface area contributed by atoms with Crippen LogP contribution in [0, 0.1) is 13.8 Å². The van der Waals surface area contributed by atoms with Crippen molar-refractivity contribution < 1.29 is 0 Å². The van der Waals surface area contributed by atoms with Crippen LogP contribution in [0.2, 0.25) is 0 Å². The van der Waals surface area contributed by atoms with E-state index in [1.807, 2.05) is 18.7 Å². The van der Waals surface area contributed by atoms with Gasteiger partial charge in [-0.3, -0.25) is 0 Å². The van der Waals surface area contributed by atoms with E-state index in [2.05, 4.69) is 40.7 Å². The number of guanidine groups is 1. The van der Waals surface area contributed by atoms with Crippen molar-refractivity contribution in [1.82, 2.24) is 15.6 Å². The van der Waals surface area contributed by atoms with E-state index in [4.69, 9.17) is 0 Å². The van der Waals surface area contributed by atoms with E-state index in [9.17, 15) is 0 Å². The topological polar surface area (TPSA) is 49.3 Å². The molecule has 0 amide bonds. The molecule has 0 saturated carbocycles. The Kier molecular flexibility index (Phi) is 12.5. The molecular formula is C14H27IN4S2. The predicted octanol–water partition coefficient (Wildman–Crippen LogP) is 3.58. The first kappa shape index (κ1) is 21.0.